The van der Waals surface area contributed by atoms with Crippen molar-refractivity contribution in [2.45, 2.75) is 26.2 Å². The SMILES string of the molecule is CC1CCCC1C(=O)c1cc[nH]c1. The number of nitrogens with one attached hydrogen (secondary N) is 1. The zero-order valence-electron chi connectivity index (χ0n) is 7.92. The van der Waals surface area contributed by atoms with Crippen molar-refractivity contribution in [2.24, 2.45) is 11.8 Å². The molecule has 2 rings (SSSR count). The van der Waals surface area contributed by atoms with E-state index in [0.29, 0.717) is 11.7 Å². The summed E-state index contributed by atoms with van der Waals surface area (Å²) in [5.41, 5.74) is 0.846. The maximum atomic E-state index is 11.9. The largest absolute Gasteiger partial charge is 0.367 e. The van der Waals surface area contributed by atoms with Gasteiger partial charge in [-0.2, -0.15) is 0 Å². The molecule has 70 valence electrons. The summed E-state index contributed by atoms with van der Waals surface area (Å²) in [6.45, 7) is 2.18. The lowest BCUT2D eigenvalue weighted by atomic mass is 9.91. The average molecular weight is 177 g/mol. The Morgan fingerprint density at radius 2 is 2.38 bits per heavy atom. The molecule has 0 aromatic carbocycles. The molecule has 1 saturated carbocycles. The Morgan fingerprint density at radius 1 is 1.54 bits per heavy atom. The number of ketones is 1. The van der Waals surface area contributed by atoms with Gasteiger partial charge >= 0.3 is 0 Å². The highest BCUT2D eigenvalue weighted by Gasteiger charge is 2.30. The van der Waals surface area contributed by atoms with Crippen molar-refractivity contribution in [3.63, 3.8) is 0 Å². The van der Waals surface area contributed by atoms with E-state index in [4.69, 9.17) is 0 Å². The molecular weight excluding hydrogens is 162 g/mol. The topological polar surface area (TPSA) is 32.9 Å². The number of hydrogen-bond acceptors (Lipinski definition) is 1. The Kier molecular flexibility index (Phi) is 2.21. The van der Waals surface area contributed by atoms with Crippen LogP contribution in [-0.2, 0) is 0 Å². The molecule has 0 saturated heterocycles. The highest BCUT2D eigenvalue weighted by atomic mass is 16.1. The lowest BCUT2D eigenvalue weighted by Gasteiger charge is -2.12. The van der Waals surface area contributed by atoms with E-state index in [0.717, 1.165) is 12.0 Å². The number of carbonyl (C=O) groups is 1. The van der Waals surface area contributed by atoms with Crippen LogP contribution in [0.15, 0.2) is 18.5 Å². The molecular formula is C11H15NO. The van der Waals surface area contributed by atoms with Gasteiger partial charge in [0.1, 0.15) is 0 Å². The standard InChI is InChI=1S/C11H15NO/c1-8-3-2-4-10(8)11(13)9-5-6-12-7-9/h5-8,10,12H,2-4H2,1H3. The predicted octanol–water partition coefficient (Wildman–Crippen LogP) is 2.63. The fraction of sp³-hybridized carbons (Fsp3) is 0.545. The smallest absolute Gasteiger partial charge is 0.167 e. The van der Waals surface area contributed by atoms with Gasteiger partial charge in [-0.3, -0.25) is 4.79 Å². The quantitative estimate of drug-likeness (QED) is 0.692. The van der Waals surface area contributed by atoms with E-state index in [9.17, 15) is 4.79 Å². The molecule has 1 N–H and O–H groups in total. The summed E-state index contributed by atoms with van der Waals surface area (Å²) in [5, 5.41) is 0. The van der Waals surface area contributed by atoms with Gasteiger partial charge in [-0.25, -0.2) is 0 Å². The minimum atomic E-state index is 0.274. The van der Waals surface area contributed by atoms with Crippen molar-refractivity contribution in [1.29, 1.82) is 0 Å². The second-order valence-electron chi connectivity index (χ2n) is 3.98. The molecule has 13 heavy (non-hydrogen) atoms. The van der Waals surface area contributed by atoms with E-state index in [1.165, 1.54) is 12.8 Å². The summed E-state index contributed by atoms with van der Waals surface area (Å²) in [5.74, 6) is 1.17. The van der Waals surface area contributed by atoms with Crippen LogP contribution in [0.25, 0.3) is 0 Å². The molecule has 2 nitrogen and oxygen atoms in total. The summed E-state index contributed by atoms with van der Waals surface area (Å²) >= 11 is 0. The van der Waals surface area contributed by atoms with Crippen LogP contribution in [0.4, 0.5) is 0 Å². The molecule has 1 fully saturated rings. The van der Waals surface area contributed by atoms with Gasteiger partial charge < -0.3 is 4.98 Å². The fourth-order valence-corrected chi connectivity index (χ4v) is 2.23. The van der Waals surface area contributed by atoms with Gasteiger partial charge in [0.2, 0.25) is 0 Å². The molecule has 1 aliphatic carbocycles. The highest BCUT2D eigenvalue weighted by Crippen LogP contribution is 2.33. The van der Waals surface area contributed by atoms with Crippen LogP contribution in [-0.4, -0.2) is 10.8 Å². The third kappa shape index (κ3) is 1.53. The van der Waals surface area contributed by atoms with Gasteiger partial charge in [-0.05, 0) is 24.8 Å². The summed E-state index contributed by atoms with van der Waals surface area (Å²) in [6.07, 6.45) is 7.11. The van der Waals surface area contributed by atoms with Crippen molar-refractivity contribution in [2.75, 3.05) is 0 Å². The molecule has 1 aromatic heterocycles. The second-order valence-corrected chi connectivity index (χ2v) is 3.98. The maximum absolute atomic E-state index is 11.9. The summed E-state index contributed by atoms with van der Waals surface area (Å²) in [7, 11) is 0. The molecule has 1 aromatic rings. The Hall–Kier alpha value is -1.05. The number of carbonyl (C=O) groups excluding carboxylic acids is 1. The Labute approximate surface area is 78.4 Å². The van der Waals surface area contributed by atoms with Crippen LogP contribution >= 0.6 is 0 Å². The fourth-order valence-electron chi connectivity index (χ4n) is 2.23. The van der Waals surface area contributed by atoms with Crippen molar-refractivity contribution in [3.05, 3.63) is 24.0 Å². The van der Waals surface area contributed by atoms with Crippen LogP contribution in [0, 0.1) is 11.8 Å². The molecule has 1 aliphatic rings. The first kappa shape index (κ1) is 8.54. The van der Waals surface area contributed by atoms with Gasteiger partial charge in [-0.1, -0.05) is 13.3 Å². The molecule has 0 aliphatic heterocycles. The normalized spacial score (nSPS) is 27.8. The first-order valence-corrected chi connectivity index (χ1v) is 4.96. The van der Waals surface area contributed by atoms with Crippen LogP contribution in [0.3, 0.4) is 0 Å². The van der Waals surface area contributed by atoms with Crippen molar-refractivity contribution < 1.29 is 4.79 Å². The summed E-state index contributed by atoms with van der Waals surface area (Å²) in [4.78, 5) is 14.8. The van der Waals surface area contributed by atoms with Gasteiger partial charge in [-0.15, -0.1) is 0 Å². The molecule has 0 amide bonds. The zero-order chi connectivity index (χ0) is 9.26. The van der Waals surface area contributed by atoms with Gasteiger partial charge in [0.05, 0.1) is 0 Å². The van der Waals surface area contributed by atoms with E-state index in [1.54, 1.807) is 6.20 Å². The monoisotopic (exact) mass is 177 g/mol. The van der Waals surface area contributed by atoms with E-state index >= 15 is 0 Å². The van der Waals surface area contributed by atoms with Gasteiger partial charge in [0, 0.05) is 23.9 Å². The lowest BCUT2D eigenvalue weighted by molar-refractivity contribution is 0.0897. The summed E-state index contributed by atoms with van der Waals surface area (Å²) < 4.78 is 0. The zero-order valence-corrected chi connectivity index (χ0v) is 7.92. The first-order valence-electron chi connectivity index (χ1n) is 4.96. The predicted molar refractivity (Wildman–Crippen MR) is 51.6 cm³/mol. The third-order valence-corrected chi connectivity index (χ3v) is 3.08. The van der Waals surface area contributed by atoms with Crippen LogP contribution in [0.2, 0.25) is 0 Å². The number of aromatic amines is 1. The lowest BCUT2D eigenvalue weighted by Crippen LogP contribution is -2.16. The molecule has 1 heterocycles. The Morgan fingerprint density at radius 3 is 2.92 bits per heavy atom. The van der Waals surface area contributed by atoms with E-state index in [2.05, 4.69) is 11.9 Å². The van der Waals surface area contributed by atoms with Gasteiger partial charge in [0.25, 0.3) is 0 Å². The van der Waals surface area contributed by atoms with Crippen LogP contribution in [0.5, 0.6) is 0 Å². The van der Waals surface area contributed by atoms with Crippen molar-refractivity contribution >= 4 is 5.78 Å². The number of H-pyrrole nitrogens is 1. The maximum Gasteiger partial charge on any atom is 0.167 e. The number of aromatic nitrogens is 1. The number of Topliss-reactive ketones (excluding diaryl/α,β-unsaturated/α-hetero) is 1. The van der Waals surface area contributed by atoms with E-state index in [1.807, 2.05) is 12.3 Å². The van der Waals surface area contributed by atoms with E-state index < -0.39 is 0 Å². The Bertz CT molecular complexity index is 289. The first-order chi connectivity index (χ1) is 6.29. The molecule has 0 radical (unpaired) electrons. The highest BCUT2D eigenvalue weighted by molar-refractivity contribution is 5.97. The third-order valence-electron chi connectivity index (χ3n) is 3.08. The number of hydrogen-bond donors (Lipinski definition) is 1. The van der Waals surface area contributed by atoms with Gasteiger partial charge in [0.15, 0.2) is 5.78 Å². The van der Waals surface area contributed by atoms with Crippen LogP contribution < -0.4 is 0 Å². The number of rotatable bonds is 2. The minimum Gasteiger partial charge on any atom is -0.367 e. The van der Waals surface area contributed by atoms with E-state index in [-0.39, 0.29) is 5.92 Å². The minimum absolute atomic E-state index is 0.274. The molecule has 2 heteroatoms. The molecule has 0 bridgehead atoms. The second kappa shape index (κ2) is 3.36. The van der Waals surface area contributed by atoms with Crippen LogP contribution in [0.1, 0.15) is 36.5 Å². The molecule has 0 spiro atoms. The average Bonchev–Trinajstić information content (AvgIpc) is 2.72. The van der Waals surface area contributed by atoms with Crippen molar-refractivity contribution in [3.8, 4) is 0 Å². The molecule has 2 unspecified atom stereocenters. The van der Waals surface area contributed by atoms with Crippen molar-refractivity contribution in [1.82, 2.24) is 4.98 Å². The Balaban J connectivity index is 2.13. The molecule has 2 atom stereocenters. The summed E-state index contributed by atoms with van der Waals surface area (Å²) in [6, 6.07) is 1.87.